The van der Waals surface area contributed by atoms with Crippen molar-refractivity contribution in [2.75, 3.05) is 26.9 Å². The number of rotatable bonds is 6. The molecule has 0 aliphatic carbocycles. The fourth-order valence-electron chi connectivity index (χ4n) is 2.24. The van der Waals surface area contributed by atoms with Gasteiger partial charge in [-0.15, -0.1) is 24.0 Å². The van der Waals surface area contributed by atoms with E-state index in [2.05, 4.69) is 15.6 Å². The highest BCUT2D eigenvalue weighted by atomic mass is 127. The maximum absolute atomic E-state index is 13.3. The average molecular weight is 453 g/mol. The Labute approximate surface area is 158 Å². The standard InChI is InChI=1S/C16H24FN3O3.HI/c1-11(9-23-13-5-6-22-10-13)20-16(18-2)19-8-12-3-4-15(21)14(17)7-12;/h3-4,7,11,13,21H,5-6,8-10H2,1-2H3,(H2,18,19,20);1H. The Morgan fingerprint density at radius 1 is 1.54 bits per heavy atom. The summed E-state index contributed by atoms with van der Waals surface area (Å²) in [6, 6.07) is 4.37. The van der Waals surface area contributed by atoms with Gasteiger partial charge in [0.05, 0.1) is 19.3 Å². The molecule has 0 spiro atoms. The van der Waals surface area contributed by atoms with E-state index in [1.165, 1.54) is 12.1 Å². The van der Waals surface area contributed by atoms with E-state index in [4.69, 9.17) is 9.47 Å². The van der Waals surface area contributed by atoms with Crippen molar-refractivity contribution in [2.45, 2.75) is 32.0 Å². The minimum atomic E-state index is -0.632. The summed E-state index contributed by atoms with van der Waals surface area (Å²) in [6.45, 7) is 4.39. The third-order valence-corrected chi connectivity index (χ3v) is 3.55. The van der Waals surface area contributed by atoms with Gasteiger partial charge in [-0.1, -0.05) is 6.07 Å². The van der Waals surface area contributed by atoms with E-state index in [0.717, 1.165) is 18.6 Å². The van der Waals surface area contributed by atoms with E-state index in [9.17, 15) is 9.50 Å². The maximum atomic E-state index is 13.3. The Morgan fingerprint density at radius 3 is 2.96 bits per heavy atom. The number of phenolic OH excluding ortho intramolecular Hbond substituents is 1. The average Bonchev–Trinajstić information content (AvgIpc) is 3.06. The lowest BCUT2D eigenvalue weighted by Gasteiger charge is -2.19. The summed E-state index contributed by atoms with van der Waals surface area (Å²) in [4.78, 5) is 4.13. The van der Waals surface area contributed by atoms with Gasteiger partial charge in [0.2, 0.25) is 0 Å². The highest BCUT2D eigenvalue weighted by Gasteiger charge is 2.17. The van der Waals surface area contributed by atoms with Crippen molar-refractivity contribution in [3.63, 3.8) is 0 Å². The van der Waals surface area contributed by atoms with Crippen molar-refractivity contribution in [2.24, 2.45) is 4.99 Å². The third-order valence-electron chi connectivity index (χ3n) is 3.55. The van der Waals surface area contributed by atoms with E-state index >= 15 is 0 Å². The van der Waals surface area contributed by atoms with Gasteiger partial charge in [-0.25, -0.2) is 4.39 Å². The van der Waals surface area contributed by atoms with E-state index in [-0.39, 0.29) is 41.9 Å². The lowest BCUT2D eigenvalue weighted by atomic mass is 10.2. The number of guanidine groups is 1. The van der Waals surface area contributed by atoms with Crippen LogP contribution in [0.15, 0.2) is 23.2 Å². The second-order valence-electron chi connectivity index (χ2n) is 5.58. The molecule has 24 heavy (non-hydrogen) atoms. The Hall–Kier alpha value is -1.13. The molecule has 2 atom stereocenters. The molecule has 2 unspecified atom stereocenters. The zero-order chi connectivity index (χ0) is 16.7. The predicted molar refractivity (Wildman–Crippen MR) is 101 cm³/mol. The van der Waals surface area contributed by atoms with Crippen LogP contribution in [-0.2, 0) is 16.0 Å². The predicted octanol–water partition coefficient (Wildman–Crippen LogP) is 2.01. The van der Waals surface area contributed by atoms with Gasteiger partial charge in [-0.3, -0.25) is 4.99 Å². The number of halogens is 2. The van der Waals surface area contributed by atoms with Gasteiger partial charge >= 0.3 is 0 Å². The van der Waals surface area contributed by atoms with Gasteiger partial charge in [-0.05, 0) is 31.0 Å². The fourth-order valence-corrected chi connectivity index (χ4v) is 2.24. The number of ether oxygens (including phenoxy) is 2. The van der Waals surface area contributed by atoms with Crippen LogP contribution >= 0.6 is 24.0 Å². The molecule has 1 aromatic rings. The van der Waals surface area contributed by atoms with Crippen LogP contribution in [0.5, 0.6) is 5.75 Å². The summed E-state index contributed by atoms with van der Waals surface area (Å²) in [5.74, 6) is -0.372. The Balaban J connectivity index is 0.00000288. The molecule has 1 saturated heterocycles. The molecule has 3 N–H and O–H groups in total. The molecule has 1 fully saturated rings. The highest BCUT2D eigenvalue weighted by molar-refractivity contribution is 14.0. The van der Waals surface area contributed by atoms with Crippen molar-refractivity contribution in [3.8, 4) is 5.75 Å². The zero-order valence-corrected chi connectivity index (χ0v) is 16.2. The summed E-state index contributed by atoms with van der Waals surface area (Å²) in [5, 5.41) is 15.5. The Morgan fingerprint density at radius 2 is 2.33 bits per heavy atom. The second-order valence-corrected chi connectivity index (χ2v) is 5.58. The van der Waals surface area contributed by atoms with E-state index in [0.29, 0.717) is 25.7 Å². The van der Waals surface area contributed by atoms with Crippen molar-refractivity contribution in [3.05, 3.63) is 29.6 Å². The number of nitrogens with zero attached hydrogens (tertiary/aromatic N) is 1. The first-order chi connectivity index (χ1) is 11.1. The molecule has 8 heteroatoms. The van der Waals surface area contributed by atoms with Gasteiger partial charge in [-0.2, -0.15) is 0 Å². The number of aromatic hydroxyl groups is 1. The number of hydrogen-bond acceptors (Lipinski definition) is 4. The van der Waals surface area contributed by atoms with Crippen molar-refractivity contribution >= 4 is 29.9 Å². The first-order valence-electron chi connectivity index (χ1n) is 7.72. The van der Waals surface area contributed by atoms with E-state index in [1.807, 2.05) is 6.92 Å². The summed E-state index contributed by atoms with van der Waals surface area (Å²) < 4.78 is 24.3. The molecular formula is C16H25FIN3O3. The molecule has 0 aromatic heterocycles. The largest absolute Gasteiger partial charge is 0.505 e. The van der Waals surface area contributed by atoms with Gasteiger partial charge in [0, 0.05) is 26.2 Å². The van der Waals surface area contributed by atoms with E-state index in [1.54, 1.807) is 13.1 Å². The second kappa shape index (κ2) is 10.7. The Bertz CT molecular complexity index is 539. The normalized spacial score (nSPS) is 18.8. The minimum Gasteiger partial charge on any atom is -0.505 e. The number of benzene rings is 1. The SMILES string of the molecule is CN=C(NCc1ccc(O)c(F)c1)NC(C)COC1CCOC1.I. The molecule has 136 valence electrons. The Kier molecular flexibility index (Phi) is 9.30. The first-order valence-corrected chi connectivity index (χ1v) is 7.72. The first kappa shape index (κ1) is 20.9. The van der Waals surface area contributed by atoms with Gasteiger partial charge in [0.1, 0.15) is 0 Å². The molecule has 6 nitrogen and oxygen atoms in total. The summed E-state index contributed by atoms with van der Waals surface area (Å²) in [6.07, 6.45) is 1.11. The van der Waals surface area contributed by atoms with Crippen molar-refractivity contribution in [1.29, 1.82) is 0 Å². The molecule has 0 amide bonds. The molecule has 1 heterocycles. The number of hydrogen-bond donors (Lipinski definition) is 3. The molecule has 0 saturated carbocycles. The van der Waals surface area contributed by atoms with Crippen molar-refractivity contribution in [1.82, 2.24) is 10.6 Å². The molecule has 0 bridgehead atoms. The lowest BCUT2D eigenvalue weighted by molar-refractivity contribution is 0.0347. The zero-order valence-electron chi connectivity index (χ0n) is 13.9. The summed E-state index contributed by atoms with van der Waals surface area (Å²) in [7, 11) is 1.67. The van der Waals surface area contributed by atoms with Crippen LogP contribution in [0, 0.1) is 5.82 Å². The quantitative estimate of drug-likeness (QED) is 0.349. The van der Waals surface area contributed by atoms with Crippen LogP contribution < -0.4 is 10.6 Å². The van der Waals surface area contributed by atoms with Gasteiger partial charge in [0.15, 0.2) is 17.5 Å². The lowest BCUT2D eigenvalue weighted by Crippen LogP contribution is -2.44. The smallest absolute Gasteiger partial charge is 0.191 e. The van der Waals surface area contributed by atoms with Crippen molar-refractivity contribution < 1.29 is 19.0 Å². The molecule has 1 aliphatic rings. The van der Waals surface area contributed by atoms with Crippen LogP contribution in [-0.4, -0.2) is 50.1 Å². The molecule has 2 rings (SSSR count). The van der Waals surface area contributed by atoms with Gasteiger partial charge < -0.3 is 25.2 Å². The number of phenols is 1. The van der Waals surface area contributed by atoms with Crippen LogP contribution in [0.25, 0.3) is 0 Å². The van der Waals surface area contributed by atoms with E-state index < -0.39 is 5.82 Å². The summed E-state index contributed by atoms with van der Waals surface area (Å²) >= 11 is 0. The molecule has 1 aromatic carbocycles. The summed E-state index contributed by atoms with van der Waals surface area (Å²) in [5.41, 5.74) is 0.718. The van der Waals surface area contributed by atoms with Gasteiger partial charge in [0.25, 0.3) is 0 Å². The maximum Gasteiger partial charge on any atom is 0.191 e. The number of nitrogens with one attached hydrogen (secondary N) is 2. The molecular weight excluding hydrogens is 428 g/mol. The molecule has 0 radical (unpaired) electrons. The highest BCUT2D eigenvalue weighted by Crippen LogP contribution is 2.15. The topological polar surface area (TPSA) is 75.1 Å². The number of aliphatic imine (C=N–C) groups is 1. The third kappa shape index (κ3) is 6.78. The van der Waals surface area contributed by atoms with Crippen LogP contribution in [0.3, 0.4) is 0 Å². The van der Waals surface area contributed by atoms with Crippen LogP contribution in [0.2, 0.25) is 0 Å². The van der Waals surface area contributed by atoms with Crippen LogP contribution in [0.4, 0.5) is 4.39 Å². The van der Waals surface area contributed by atoms with Crippen LogP contribution in [0.1, 0.15) is 18.9 Å². The molecule has 1 aliphatic heterocycles. The fraction of sp³-hybridized carbons (Fsp3) is 0.562. The minimum absolute atomic E-state index is 0. The monoisotopic (exact) mass is 453 g/mol.